The van der Waals surface area contributed by atoms with Crippen LogP contribution >= 0.6 is 0 Å². The van der Waals surface area contributed by atoms with E-state index in [9.17, 15) is 4.79 Å². The van der Waals surface area contributed by atoms with Crippen molar-refractivity contribution in [2.24, 2.45) is 5.73 Å². The molecule has 0 heterocycles. The molecule has 1 aromatic rings. The fraction of sp³-hybridized carbons (Fsp3) is 0.308. The van der Waals surface area contributed by atoms with Crippen LogP contribution in [-0.2, 0) is 0 Å². The first-order valence-corrected chi connectivity index (χ1v) is 5.65. The molecular formula is C13H19N3O. The fourth-order valence-corrected chi connectivity index (χ4v) is 1.52. The molecule has 1 rings (SSSR count). The molecule has 1 aromatic carbocycles. The molecule has 0 aliphatic carbocycles. The number of rotatable bonds is 6. The zero-order valence-electron chi connectivity index (χ0n) is 10.1. The van der Waals surface area contributed by atoms with Crippen LogP contribution in [0.2, 0.25) is 0 Å². The Morgan fingerprint density at radius 3 is 2.53 bits per heavy atom. The molecule has 0 fully saturated rings. The maximum Gasteiger partial charge on any atom is 0.316 e. The SMILES string of the molecule is C=CCCC(C)Nc1ccc(NC(N)=O)cc1. The lowest BCUT2D eigenvalue weighted by Gasteiger charge is -2.14. The Balaban J connectivity index is 2.49. The molecule has 0 saturated heterocycles. The Hall–Kier alpha value is -1.97. The van der Waals surface area contributed by atoms with Crippen molar-refractivity contribution >= 4 is 17.4 Å². The second-order valence-electron chi connectivity index (χ2n) is 3.98. The second-order valence-corrected chi connectivity index (χ2v) is 3.98. The van der Waals surface area contributed by atoms with E-state index in [-0.39, 0.29) is 0 Å². The van der Waals surface area contributed by atoms with Crippen LogP contribution in [0, 0.1) is 0 Å². The standard InChI is InChI=1S/C13H19N3O/c1-3-4-5-10(2)15-11-6-8-12(9-7-11)16-13(14)17/h3,6-10,15H,1,4-5H2,2H3,(H3,14,16,17). The average Bonchev–Trinajstić information content (AvgIpc) is 2.28. The van der Waals surface area contributed by atoms with E-state index in [1.54, 1.807) is 0 Å². The van der Waals surface area contributed by atoms with Gasteiger partial charge in [-0.1, -0.05) is 6.08 Å². The minimum Gasteiger partial charge on any atom is -0.383 e. The molecule has 2 amide bonds. The van der Waals surface area contributed by atoms with Crippen LogP contribution < -0.4 is 16.4 Å². The lowest BCUT2D eigenvalue weighted by molar-refractivity contribution is 0.259. The average molecular weight is 233 g/mol. The molecule has 0 saturated carbocycles. The maximum atomic E-state index is 10.6. The quantitative estimate of drug-likeness (QED) is 0.661. The van der Waals surface area contributed by atoms with Gasteiger partial charge < -0.3 is 16.4 Å². The van der Waals surface area contributed by atoms with Gasteiger partial charge in [-0.05, 0) is 44.0 Å². The summed E-state index contributed by atoms with van der Waals surface area (Å²) in [6.45, 7) is 5.82. The van der Waals surface area contributed by atoms with Gasteiger partial charge in [-0.2, -0.15) is 0 Å². The highest BCUT2D eigenvalue weighted by atomic mass is 16.2. The summed E-state index contributed by atoms with van der Waals surface area (Å²) in [6.07, 6.45) is 3.96. The van der Waals surface area contributed by atoms with Crippen LogP contribution in [0.1, 0.15) is 19.8 Å². The number of hydrogen-bond acceptors (Lipinski definition) is 2. The summed E-state index contributed by atoms with van der Waals surface area (Å²) in [7, 11) is 0. The monoisotopic (exact) mass is 233 g/mol. The first-order chi connectivity index (χ1) is 8.11. The molecule has 92 valence electrons. The molecule has 4 N–H and O–H groups in total. The van der Waals surface area contributed by atoms with Crippen LogP contribution in [0.4, 0.5) is 16.2 Å². The van der Waals surface area contributed by atoms with Crippen molar-refractivity contribution in [1.29, 1.82) is 0 Å². The van der Waals surface area contributed by atoms with Crippen LogP contribution in [-0.4, -0.2) is 12.1 Å². The van der Waals surface area contributed by atoms with Crippen LogP contribution in [0.15, 0.2) is 36.9 Å². The van der Waals surface area contributed by atoms with Gasteiger partial charge in [-0.3, -0.25) is 0 Å². The normalized spacial score (nSPS) is 11.6. The number of hydrogen-bond donors (Lipinski definition) is 3. The molecule has 0 aliphatic heterocycles. The Kier molecular flexibility index (Phi) is 5.07. The maximum absolute atomic E-state index is 10.6. The van der Waals surface area contributed by atoms with E-state index in [0.29, 0.717) is 11.7 Å². The molecule has 4 nitrogen and oxygen atoms in total. The van der Waals surface area contributed by atoms with Crippen molar-refractivity contribution in [1.82, 2.24) is 0 Å². The summed E-state index contributed by atoms with van der Waals surface area (Å²) >= 11 is 0. The number of carbonyl (C=O) groups is 1. The topological polar surface area (TPSA) is 67.2 Å². The number of allylic oxidation sites excluding steroid dienone is 1. The molecule has 4 heteroatoms. The molecule has 0 aromatic heterocycles. The lowest BCUT2D eigenvalue weighted by Crippen LogP contribution is -2.19. The predicted octanol–water partition coefficient (Wildman–Crippen LogP) is 2.94. The van der Waals surface area contributed by atoms with Gasteiger partial charge in [-0.25, -0.2) is 4.79 Å². The number of benzene rings is 1. The van der Waals surface area contributed by atoms with Gasteiger partial charge in [0, 0.05) is 17.4 Å². The highest BCUT2D eigenvalue weighted by Gasteiger charge is 2.01. The van der Waals surface area contributed by atoms with Gasteiger partial charge >= 0.3 is 6.03 Å². The number of anilines is 2. The summed E-state index contributed by atoms with van der Waals surface area (Å²) < 4.78 is 0. The Morgan fingerprint density at radius 2 is 2.00 bits per heavy atom. The summed E-state index contributed by atoms with van der Waals surface area (Å²) in [6, 6.07) is 7.29. The van der Waals surface area contributed by atoms with Crippen molar-refractivity contribution < 1.29 is 4.79 Å². The minimum atomic E-state index is -0.551. The molecule has 0 radical (unpaired) electrons. The third kappa shape index (κ3) is 5.06. The second kappa shape index (κ2) is 6.58. The lowest BCUT2D eigenvalue weighted by atomic mass is 10.1. The van der Waals surface area contributed by atoms with Crippen molar-refractivity contribution in [2.45, 2.75) is 25.8 Å². The zero-order valence-corrected chi connectivity index (χ0v) is 10.1. The van der Waals surface area contributed by atoms with Crippen molar-refractivity contribution in [3.63, 3.8) is 0 Å². The van der Waals surface area contributed by atoms with Crippen LogP contribution in [0.25, 0.3) is 0 Å². The van der Waals surface area contributed by atoms with E-state index in [2.05, 4.69) is 24.1 Å². The number of urea groups is 1. The third-order valence-electron chi connectivity index (χ3n) is 2.37. The summed E-state index contributed by atoms with van der Waals surface area (Å²) in [4.78, 5) is 10.6. The van der Waals surface area contributed by atoms with Crippen molar-refractivity contribution in [3.05, 3.63) is 36.9 Å². The van der Waals surface area contributed by atoms with E-state index in [1.165, 1.54) is 0 Å². The first-order valence-electron chi connectivity index (χ1n) is 5.65. The Labute approximate surface area is 102 Å². The van der Waals surface area contributed by atoms with Crippen molar-refractivity contribution in [2.75, 3.05) is 10.6 Å². The Morgan fingerprint density at radius 1 is 1.41 bits per heavy atom. The van der Waals surface area contributed by atoms with E-state index in [0.717, 1.165) is 18.5 Å². The highest BCUT2D eigenvalue weighted by Crippen LogP contribution is 2.15. The number of amides is 2. The Bertz CT molecular complexity index is 373. The minimum absolute atomic E-state index is 0.392. The molecule has 1 unspecified atom stereocenters. The van der Waals surface area contributed by atoms with E-state index >= 15 is 0 Å². The zero-order chi connectivity index (χ0) is 12.7. The van der Waals surface area contributed by atoms with Gasteiger partial charge in [0.1, 0.15) is 0 Å². The summed E-state index contributed by atoms with van der Waals surface area (Å²) in [5.41, 5.74) is 6.74. The number of carbonyl (C=O) groups excluding carboxylic acids is 1. The van der Waals surface area contributed by atoms with E-state index < -0.39 is 6.03 Å². The number of primary amides is 1. The fourth-order valence-electron chi connectivity index (χ4n) is 1.52. The van der Waals surface area contributed by atoms with E-state index in [1.807, 2.05) is 30.3 Å². The first kappa shape index (κ1) is 13.1. The molecule has 17 heavy (non-hydrogen) atoms. The van der Waals surface area contributed by atoms with Gasteiger partial charge in [0.25, 0.3) is 0 Å². The van der Waals surface area contributed by atoms with Gasteiger partial charge in [0.15, 0.2) is 0 Å². The van der Waals surface area contributed by atoms with E-state index in [4.69, 9.17) is 5.73 Å². The largest absolute Gasteiger partial charge is 0.383 e. The molecule has 0 bridgehead atoms. The highest BCUT2D eigenvalue weighted by molar-refractivity contribution is 5.87. The molecule has 0 aliphatic rings. The number of nitrogens with two attached hydrogens (primary N) is 1. The number of nitrogens with one attached hydrogen (secondary N) is 2. The molecule has 0 spiro atoms. The van der Waals surface area contributed by atoms with Gasteiger partial charge in [0.05, 0.1) is 0 Å². The summed E-state index contributed by atoms with van der Waals surface area (Å²) in [5, 5.41) is 5.88. The van der Waals surface area contributed by atoms with Gasteiger partial charge in [-0.15, -0.1) is 6.58 Å². The summed E-state index contributed by atoms with van der Waals surface area (Å²) in [5.74, 6) is 0. The predicted molar refractivity (Wildman–Crippen MR) is 72.2 cm³/mol. The smallest absolute Gasteiger partial charge is 0.316 e. The van der Waals surface area contributed by atoms with Crippen molar-refractivity contribution in [3.8, 4) is 0 Å². The van der Waals surface area contributed by atoms with Crippen LogP contribution in [0.5, 0.6) is 0 Å². The van der Waals surface area contributed by atoms with Crippen LogP contribution in [0.3, 0.4) is 0 Å². The molecule has 1 atom stereocenters. The van der Waals surface area contributed by atoms with Gasteiger partial charge in [0.2, 0.25) is 0 Å². The molecular weight excluding hydrogens is 214 g/mol. The third-order valence-corrected chi connectivity index (χ3v) is 2.37.